The highest BCUT2D eigenvalue weighted by atomic mass is 14.8. The van der Waals surface area contributed by atoms with Crippen molar-refractivity contribution in [1.29, 1.82) is 0 Å². The summed E-state index contributed by atoms with van der Waals surface area (Å²) >= 11 is 0. The highest BCUT2D eigenvalue weighted by Crippen LogP contribution is 2.32. The molecule has 5 rings (SSSR count). The predicted molar refractivity (Wildman–Crippen MR) is 118 cm³/mol. The largest absolute Gasteiger partial charge is 0.265 e. The van der Waals surface area contributed by atoms with Crippen molar-refractivity contribution in [3.8, 4) is 33.5 Å². The molecule has 0 bridgehead atoms. The van der Waals surface area contributed by atoms with E-state index in [1.54, 1.807) is 6.33 Å². The van der Waals surface area contributed by atoms with Gasteiger partial charge < -0.3 is 0 Å². The number of aromatic nitrogens is 3. The number of benzene rings is 3. The Kier molecular flexibility index (Phi) is 4.34. The molecule has 0 aliphatic carbocycles. The third kappa shape index (κ3) is 3.27. The van der Waals surface area contributed by atoms with Gasteiger partial charge in [-0.25, -0.2) is 9.97 Å². The Hall–Kier alpha value is -3.85. The first kappa shape index (κ1) is 17.3. The average molecular weight is 373 g/mol. The normalized spacial score (nSPS) is 10.9. The van der Waals surface area contributed by atoms with Crippen LogP contribution in [0, 0.1) is 6.92 Å². The van der Waals surface area contributed by atoms with E-state index < -0.39 is 0 Å². The Morgan fingerprint density at radius 3 is 2.21 bits per heavy atom. The van der Waals surface area contributed by atoms with Gasteiger partial charge in [0.15, 0.2) is 0 Å². The van der Waals surface area contributed by atoms with Crippen LogP contribution in [-0.4, -0.2) is 15.0 Å². The third-order valence-corrected chi connectivity index (χ3v) is 5.23. The number of pyridine rings is 1. The van der Waals surface area contributed by atoms with E-state index in [2.05, 4.69) is 82.5 Å². The summed E-state index contributed by atoms with van der Waals surface area (Å²) in [6.45, 7) is 2.15. The number of nitrogens with zero attached hydrogens (tertiary/aromatic N) is 3. The molecule has 2 heterocycles. The third-order valence-electron chi connectivity index (χ3n) is 5.23. The monoisotopic (exact) mass is 373 g/mol. The van der Waals surface area contributed by atoms with E-state index in [0.29, 0.717) is 0 Å². The summed E-state index contributed by atoms with van der Waals surface area (Å²) in [5, 5.41) is 1.05. The predicted octanol–water partition coefficient (Wildman–Crippen LogP) is 6.33. The van der Waals surface area contributed by atoms with Gasteiger partial charge in [0.05, 0.1) is 11.2 Å². The zero-order valence-electron chi connectivity index (χ0n) is 16.1. The van der Waals surface area contributed by atoms with Crippen molar-refractivity contribution in [3.05, 3.63) is 103 Å². The molecule has 138 valence electrons. The summed E-state index contributed by atoms with van der Waals surface area (Å²) in [7, 11) is 0. The first-order valence-corrected chi connectivity index (χ1v) is 9.61. The summed E-state index contributed by atoms with van der Waals surface area (Å²) in [4.78, 5) is 13.2. The van der Waals surface area contributed by atoms with Crippen molar-refractivity contribution in [2.75, 3.05) is 0 Å². The van der Waals surface area contributed by atoms with Gasteiger partial charge >= 0.3 is 0 Å². The highest BCUT2D eigenvalue weighted by Gasteiger charge is 2.10. The molecular weight excluding hydrogens is 354 g/mol. The minimum atomic E-state index is 0.939. The molecule has 5 aromatic rings. The number of fused-ring (bicyclic) bond motifs is 1. The second kappa shape index (κ2) is 7.28. The van der Waals surface area contributed by atoms with Crippen LogP contribution < -0.4 is 0 Å². The molecule has 3 nitrogen and oxygen atoms in total. The van der Waals surface area contributed by atoms with Crippen LogP contribution in [0.2, 0.25) is 0 Å². The van der Waals surface area contributed by atoms with Crippen molar-refractivity contribution < 1.29 is 0 Å². The number of hydrogen-bond donors (Lipinski definition) is 0. The zero-order valence-corrected chi connectivity index (χ0v) is 16.1. The van der Waals surface area contributed by atoms with Gasteiger partial charge in [-0.3, -0.25) is 4.98 Å². The maximum absolute atomic E-state index is 4.60. The molecule has 0 aliphatic heterocycles. The van der Waals surface area contributed by atoms with Crippen LogP contribution in [0.4, 0.5) is 0 Å². The zero-order chi connectivity index (χ0) is 19.6. The number of rotatable bonds is 3. The Bertz CT molecular complexity index is 1300. The fourth-order valence-corrected chi connectivity index (χ4v) is 3.76. The fourth-order valence-electron chi connectivity index (χ4n) is 3.76. The molecule has 3 aromatic carbocycles. The summed E-state index contributed by atoms with van der Waals surface area (Å²) in [5.74, 6) is 0. The second-order valence-corrected chi connectivity index (χ2v) is 7.09. The molecule has 0 fully saturated rings. The lowest BCUT2D eigenvalue weighted by Crippen LogP contribution is -1.91. The maximum Gasteiger partial charge on any atom is 0.116 e. The van der Waals surface area contributed by atoms with Crippen molar-refractivity contribution in [3.63, 3.8) is 0 Å². The van der Waals surface area contributed by atoms with Gasteiger partial charge in [0.1, 0.15) is 6.33 Å². The first-order valence-electron chi connectivity index (χ1n) is 9.61. The van der Waals surface area contributed by atoms with Crippen LogP contribution in [0.25, 0.3) is 44.4 Å². The number of hydrogen-bond acceptors (Lipinski definition) is 3. The van der Waals surface area contributed by atoms with Crippen LogP contribution in [0.5, 0.6) is 0 Å². The molecular formula is C26H19N3. The molecule has 0 unspecified atom stereocenters. The van der Waals surface area contributed by atoms with Crippen LogP contribution in [0.15, 0.2) is 97.6 Å². The Morgan fingerprint density at radius 2 is 1.41 bits per heavy atom. The highest BCUT2D eigenvalue weighted by molar-refractivity contribution is 5.94. The van der Waals surface area contributed by atoms with Crippen molar-refractivity contribution >= 4 is 10.9 Å². The Balaban J connectivity index is 1.59. The lowest BCUT2D eigenvalue weighted by atomic mass is 9.96. The summed E-state index contributed by atoms with van der Waals surface area (Å²) in [6.07, 6.45) is 5.26. The number of aryl methyl sites for hydroxylation is 1. The maximum atomic E-state index is 4.60. The quantitative estimate of drug-likeness (QED) is 0.371. The van der Waals surface area contributed by atoms with Crippen LogP contribution in [-0.2, 0) is 0 Å². The minimum Gasteiger partial charge on any atom is -0.265 e. The van der Waals surface area contributed by atoms with Gasteiger partial charge in [0.25, 0.3) is 0 Å². The molecule has 3 heteroatoms. The molecule has 2 aromatic heterocycles. The van der Waals surface area contributed by atoms with Crippen molar-refractivity contribution in [1.82, 2.24) is 15.0 Å². The summed E-state index contributed by atoms with van der Waals surface area (Å²) in [5.41, 5.74) is 8.96. The van der Waals surface area contributed by atoms with E-state index in [1.807, 2.05) is 30.6 Å². The van der Waals surface area contributed by atoms with Crippen LogP contribution >= 0.6 is 0 Å². The topological polar surface area (TPSA) is 38.7 Å². The molecule has 0 amide bonds. The molecule has 0 aliphatic rings. The minimum absolute atomic E-state index is 0.939. The second-order valence-electron chi connectivity index (χ2n) is 7.09. The lowest BCUT2D eigenvalue weighted by molar-refractivity contribution is 1.22. The molecule has 0 N–H and O–H groups in total. The standard InChI is InChI=1S/C26H19N3/c1-18-15-22(8-9-23(18)20-5-3-2-4-6-20)26-24-10-7-21(16-25(24)28-17-29-26)19-11-13-27-14-12-19/h2-17H,1H3. The Morgan fingerprint density at radius 1 is 0.621 bits per heavy atom. The van der Waals surface area contributed by atoms with Crippen LogP contribution in [0.3, 0.4) is 0 Å². The van der Waals surface area contributed by atoms with Gasteiger partial charge in [-0.15, -0.1) is 0 Å². The van der Waals surface area contributed by atoms with Gasteiger partial charge in [-0.2, -0.15) is 0 Å². The first-order chi connectivity index (χ1) is 14.3. The molecule has 0 saturated carbocycles. The molecule has 0 spiro atoms. The van der Waals surface area contributed by atoms with Gasteiger partial charge in [0.2, 0.25) is 0 Å². The molecule has 29 heavy (non-hydrogen) atoms. The average Bonchev–Trinajstić information content (AvgIpc) is 2.79. The SMILES string of the molecule is Cc1cc(-c2ncnc3cc(-c4ccncc4)ccc23)ccc1-c1ccccc1. The van der Waals surface area contributed by atoms with Crippen LogP contribution in [0.1, 0.15) is 5.56 Å². The van der Waals surface area contributed by atoms with E-state index in [0.717, 1.165) is 33.3 Å². The molecule has 0 radical (unpaired) electrons. The van der Waals surface area contributed by atoms with E-state index in [1.165, 1.54) is 16.7 Å². The summed E-state index contributed by atoms with van der Waals surface area (Å²) < 4.78 is 0. The van der Waals surface area contributed by atoms with E-state index >= 15 is 0 Å². The summed E-state index contributed by atoms with van der Waals surface area (Å²) in [6, 6.07) is 27.4. The van der Waals surface area contributed by atoms with Gasteiger partial charge in [0, 0.05) is 23.3 Å². The molecule has 0 atom stereocenters. The van der Waals surface area contributed by atoms with Crippen molar-refractivity contribution in [2.24, 2.45) is 0 Å². The smallest absolute Gasteiger partial charge is 0.116 e. The van der Waals surface area contributed by atoms with E-state index in [4.69, 9.17) is 0 Å². The van der Waals surface area contributed by atoms with Crippen molar-refractivity contribution in [2.45, 2.75) is 6.92 Å². The fraction of sp³-hybridized carbons (Fsp3) is 0.0385. The van der Waals surface area contributed by atoms with E-state index in [-0.39, 0.29) is 0 Å². The van der Waals surface area contributed by atoms with Gasteiger partial charge in [-0.05, 0) is 65.1 Å². The molecule has 0 saturated heterocycles. The lowest BCUT2D eigenvalue weighted by Gasteiger charge is -2.11. The Labute approximate surface area is 169 Å². The van der Waals surface area contributed by atoms with Gasteiger partial charge in [-0.1, -0.05) is 48.5 Å². The van der Waals surface area contributed by atoms with E-state index in [9.17, 15) is 0 Å².